The van der Waals surface area contributed by atoms with Crippen LogP contribution in [0, 0.1) is 0 Å². The first-order valence-corrected chi connectivity index (χ1v) is 5.69. The van der Waals surface area contributed by atoms with Gasteiger partial charge in [-0.2, -0.15) is 61.5 Å². The van der Waals surface area contributed by atoms with E-state index >= 15 is 0 Å². The Labute approximate surface area is 132 Å². The minimum absolute atomic E-state index is 0.00795. The zero-order valence-electron chi connectivity index (χ0n) is 11.6. The lowest BCUT2D eigenvalue weighted by atomic mass is 10.1. The van der Waals surface area contributed by atoms with Crippen LogP contribution in [0.4, 0.5) is 61.5 Å². The fraction of sp³-hybridized carbons (Fsp3) is 0.778. The molecule has 0 saturated carbocycles. The number of aromatic nitrogens is 3. The van der Waals surface area contributed by atoms with Crippen LogP contribution in [0.2, 0.25) is 0 Å². The number of hydrogen-bond donors (Lipinski definition) is 0. The molecule has 0 saturated heterocycles. The summed E-state index contributed by atoms with van der Waals surface area (Å²) in [4.78, 5) is 1.70. The molecule has 0 aliphatic carbocycles. The summed E-state index contributed by atoms with van der Waals surface area (Å²) in [7, 11) is 0.00795. The van der Waals surface area contributed by atoms with Gasteiger partial charge in [0, 0.05) is 7.05 Å². The van der Waals surface area contributed by atoms with Gasteiger partial charge in [0.05, 0.1) is 0 Å². The van der Waals surface area contributed by atoms with E-state index in [2.05, 4.69) is 0 Å². The first-order chi connectivity index (χ1) is 11.1. The van der Waals surface area contributed by atoms with E-state index in [9.17, 15) is 61.5 Å². The van der Waals surface area contributed by atoms with Gasteiger partial charge < -0.3 is 0 Å². The highest BCUT2D eigenvalue weighted by molar-refractivity contribution is 5.13. The molecule has 0 aliphatic rings. The molecule has 0 aliphatic heterocycles. The number of aryl methyl sites for hydroxylation is 1. The maximum Gasteiger partial charge on any atom is 0.460 e. The molecule has 1 heterocycles. The predicted molar refractivity (Wildman–Crippen MR) is 50.8 cm³/mol. The van der Waals surface area contributed by atoms with Crippen LogP contribution in [-0.4, -0.2) is 39.0 Å². The van der Waals surface area contributed by atoms with Crippen LogP contribution in [0.1, 0.15) is 11.6 Å². The molecule has 0 spiro atoms. The number of alkyl halides is 14. The van der Waals surface area contributed by atoms with Crippen LogP contribution in [0.15, 0.2) is 0 Å². The summed E-state index contributed by atoms with van der Waals surface area (Å²) in [5.74, 6) is -32.7. The lowest BCUT2D eigenvalue weighted by Crippen LogP contribution is -2.51. The van der Waals surface area contributed by atoms with Gasteiger partial charge >= 0.3 is 36.0 Å². The Morgan fingerprint density at radius 2 is 0.962 bits per heavy atom. The SMILES string of the molecule is Cn1nc(C(F)(F)C(F)(F)C(F)(F)F)nc1C(F)(F)C(F)(F)C(F)(F)F. The third-order valence-electron chi connectivity index (χ3n) is 2.83. The topological polar surface area (TPSA) is 30.7 Å². The van der Waals surface area contributed by atoms with Crippen molar-refractivity contribution in [2.24, 2.45) is 7.05 Å². The van der Waals surface area contributed by atoms with Gasteiger partial charge in [-0.05, 0) is 0 Å². The molecule has 1 aromatic heterocycles. The third-order valence-corrected chi connectivity index (χ3v) is 2.83. The van der Waals surface area contributed by atoms with Gasteiger partial charge in [0.25, 0.3) is 0 Å². The van der Waals surface area contributed by atoms with E-state index in [0.29, 0.717) is 0 Å². The average Bonchev–Trinajstić information content (AvgIpc) is 2.78. The highest BCUT2D eigenvalue weighted by Crippen LogP contribution is 2.53. The molecule has 1 aromatic rings. The van der Waals surface area contributed by atoms with E-state index in [1.54, 1.807) is 4.98 Å². The van der Waals surface area contributed by atoms with Crippen molar-refractivity contribution in [2.75, 3.05) is 0 Å². The maximum absolute atomic E-state index is 13.4. The minimum atomic E-state index is -6.95. The highest BCUT2D eigenvalue weighted by Gasteiger charge is 2.77. The number of nitrogens with zero attached hydrogens (tertiary/aromatic N) is 3. The van der Waals surface area contributed by atoms with Gasteiger partial charge in [-0.15, -0.1) is 5.10 Å². The zero-order chi connectivity index (χ0) is 21.1. The molecular weight excluding hydrogens is 416 g/mol. The summed E-state index contributed by atoms with van der Waals surface area (Å²) in [6.45, 7) is 0. The standard InChI is InChI=1S/C9H3F14N3/c1-26-3(5(12,13)7(16,17)9(21,22)23)24-2(25-26)4(10,11)6(14,15)8(18,19)20/h1H3. The van der Waals surface area contributed by atoms with E-state index in [1.807, 2.05) is 5.10 Å². The minimum Gasteiger partial charge on any atom is -0.247 e. The lowest BCUT2D eigenvalue weighted by Gasteiger charge is -2.27. The lowest BCUT2D eigenvalue weighted by molar-refractivity contribution is -0.363. The van der Waals surface area contributed by atoms with Crippen molar-refractivity contribution < 1.29 is 61.5 Å². The quantitative estimate of drug-likeness (QED) is 0.678. The Balaban J connectivity index is 3.56. The second kappa shape index (κ2) is 5.58. The van der Waals surface area contributed by atoms with Gasteiger partial charge in [-0.25, -0.2) is 9.67 Å². The van der Waals surface area contributed by atoms with E-state index in [4.69, 9.17) is 0 Å². The molecule has 0 fully saturated rings. The van der Waals surface area contributed by atoms with Crippen molar-refractivity contribution in [1.29, 1.82) is 0 Å². The molecule has 3 nitrogen and oxygen atoms in total. The van der Waals surface area contributed by atoms with Gasteiger partial charge in [0.15, 0.2) is 0 Å². The summed E-state index contributed by atoms with van der Waals surface area (Å²) in [6, 6.07) is 0. The Hall–Kier alpha value is -1.84. The number of hydrogen-bond acceptors (Lipinski definition) is 2. The summed E-state index contributed by atoms with van der Waals surface area (Å²) in [5, 5.41) is 2.02. The molecule has 0 unspecified atom stereocenters. The van der Waals surface area contributed by atoms with Crippen molar-refractivity contribution >= 4 is 0 Å². The Kier molecular flexibility index (Phi) is 4.76. The molecule has 0 atom stereocenters. The van der Waals surface area contributed by atoms with Crippen molar-refractivity contribution in [3.63, 3.8) is 0 Å². The third kappa shape index (κ3) is 2.93. The highest BCUT2D eigenvalue weighted by atomic mass is 19.4. The molecule has 26 heavy (non-hydrogen) atoms. The van der Waals surface area contributed by atoms with Crippen molar-refractivity contribution in [3.8, 4) is 0 Å². The number of halogens is 14. The van der Waals surface area contributed by atoms with Crippen LogP contribution in [0.5, 0.6) is 0 Å². The largest absolute Gasteiger partial charge is 0.460 e. The van der Waals surface area contributed by atoms with E-state index in [0.717, 1.165) is 0 Å². The fourth-order valence-electron chi connectivity index (χ4n) is 1.43. The molecule has 0 radical (unpaired) electrons. The van der Waals surface area contributed by atoms with Crippen molar-refractivity contribution in [1.82, 2.24) is 14.8 Å². The first-order valence-electron chi connectivity index (χ1n) is 5.69. The van der Waals surface area contributed by atoms with Gasteiger partial charge in [-0.3, -0.25) is 0 Å². The van der Waals surface area contributed by atoms with Crippen LogP contribution in [0.25, 0.3) is 0 Å². The van der Waals surface area contributed by atoms with E-state index < -0.39 is 52.4 Å². The summed E-state index contributed by atoms with van der Waals surface area (Å²) in [6.07, 6.45) is -13.9. The van der Waals surface area contributed by atoms with Gasteiger partial charge in [0.1, 0.15) is 0 Å². The number of rotatable bonds is 4. The van der Waals surface area contributed by atoms with E-state index in [1.165, 1.54) is 0 Å². The molecule has 17 heteroatoms. The van der Waals surface area contributed by atoms with Crippen LogP contribution in [0.3, 0.4) is 0 Å². The van der Waals surface area contributed by atoms with Crippen molar-refractivity contribution in [2.45, 2.75) is 36.0 Å². The maximum atomic E-state index is 13.4. The van der Waals surface area contributed by atoms with Crippen LogP contribution in [-0.2, 0) is 18.9 Å². The molecule has 0 N–H and O–H groups in total. The Bertz CT molecular complexity index is 666. The van der Waals surface area contributed by atoms with E-state index in [-0.39, 0.29) is 7.05 Å². The summed E-state index contributed by atoms with van der Waals surface area (Å²) in [5.41, 5.74) is 0. The molecule has 152 valence electrons. The summed E-state index contributed by atoms with van der Waals surface area (Å²) >= 11 is 0. The molecule has 0 aromatic carbocycles. The molecule has 0 bridgehead atoms. The molecule has 0 amide bonds. The predicted octanol–water partition coefficient (Wildman–Crippen LogP) is 4.39. The second-order valence-corrected chi connectivity index (χ2v) is 4.68. The Morgan fingerprint density at radius 1 is 0.615 bits per heavy atom. The second-order valence-electron chi connectivity index (χ2n) is 4.68. The first kappa shape index (κ1) is 22.2. The Morgan fingerprint density at radius 3 is 1.31 bits per heavy atom. The van der Waals surface area contributed by atoms with Gasteiger partial charge in [0.2, 0.25) is 11.6 Å². The normalized spacial score (nSPS) is 15.5. The average molecular weight is 419 g/mol. The van der Waals surface area contributed by atoms with Crippen LogP contribution >= 0.6 is 0 Å². The summed E-state index contributed by atoms with van der Waals surface area (Å²) < 4.78 is 176. The molecular formula is C9H3F14N3. The fourth-order valence-corrected chi connectivity index (χ4v) is 1.43. The monoisotopic (exact) mass is 419 g/mol. The van der Waals surface area contributed by atoms with Crippen molar-refractivity contribution in [3.05, 3.63) is 11.6 Å². The smallest absolute Gasteiger partial charge is 0.247 e. The van der Waals surface area contributed by atoms with Gasteiger partial charge in [-0.1, -0.05) is 0 Å². The molecule has 1 rings (SSSR count). The van der Waals surface area contributed by atoms with Crippen LogP contribution < -0.4 is 0 Å². The zero-order valence-corrected chi connectivity index (χ0v) is 11.6.